The molecule has 3 heterocycles. The summed E-state index contributed by atoms with van der Waals surface area (Å²) in [6.07, 6.45) is 4.36. The number of piperidine rings is 3. The molecule has 1 atom stereocenters. The fourth-order valence-electron chi connectivity index (χ4n) is 4.65. The first-order valence-corrected chi connectivity index (χ1v) is 10.9. The molecule has 3 saturated heterocycles. The van der Waals surface area contributed by atoms with Gasteiger partial charge in [-0.3, -0.25) is 9.59 Å². The van der Waals surface area contributed by atoms with E-state index in [2.05, 4.69) is 22.3 Å². The molecule has 0 aromatic heterocycles. The summed E-state index contributed by atoms with van der Waals surface area (Å²) in [5, 5.41) is 3.11. The van der Waals surface area contributed by atoms with Gasteiger partial charge in [0.25, 0.3) is 0 Å². The van der Waals surface area contributed by atoms with E-state index in [9.17, 15) is 9.59 Å². The van der Waals surface area contributed by atoms with Crippen molar-refractivity contribution in [3.8, 4) is 11.1 Å². The third-order valence-electron chi connectivity index (χ3n) is 6.36. The van der Waals surface area contributed by atoms with Crippen LogP contribution in [-0.2, 0) is 16.0 Å². The van der Waals surface area contributed by atoms with Crippen LogP contribution in [0.5, 0.6) is 0 Å². The Hall–Kier alpha value is -2.46. The topological polar surface area (TPSA) is 49.4 Å². The molecule has 29 heavy (non-hydrogen) atoms. The predicted octanol–water partition coefficient (Wildman–Crippen LogP) is 4.55. The summed E-state index contributed by atoms with van der Waals surface area (Å²) in [5.41, 5.74) is 4.15. The number of nitrogens with zero attached hydrogens (tertiary/aromatic N) is 1. The molecule has 3 aliphatic heterocycles. The maximum atomic E-state index is 12.7. The third-order valence-corrected chi connectivity index (χ3v) is 6.36. The normalized spacial score (nSPS) is 23.0. The van der Waals surface area contributed by atoms with Crippen molar-refractivity contribution >= 4 is 17.4 Å². The van der Waals surface area contributed by atoms with Gasteiger partial charge in [-0.25, -0.2) is 0 Å². The van der Waals surface area contributed by atoms with Gasteiger partial charge in [0.1, 0.15) is 5.78 Å². The van der Waals surface area contributed by atoms with Gasteiger partial charge in [-0.15, -0.1) is 0 Å². The number of carbonyl (C=O) groups is 2. The summed E-state index contributed by atoms with van der Waals surface area (Å²) in [5.74, 6) is 1.12. The Balaban J connectivity index is 1.36. The molecule has 5 rings (SSSR count). The number of Topliss-reactive ketones (excluding diaryl/α,β-unsaturated/α-hetero) is 1. The first-order chi connectivity index (χ1) is 14.1. The zero-order chi connectivity index (χ0) is 20.2. The van der Waals surface area contributed by atoms with Crippen molar-refractivity contribution in [2.75, 3.05) is 25.0 Å². The number of fused-ring (bicyclic) bond motifs is 3. The lowest BCUT2D eigenvalue weighted by Gasteiger charge is -2.43. The van der Waals surface area contributed by atoms with Crippen molar-refractivity contribution in [3.63, 3.8) is 0 Å². The van der Waals surface area contributed by atoms with Crippen LogP contribution < -0.4 is 5.32 Å². The van der Waals surface area contributed by atoms with Gasteiger partial charge in [-0.05, 0) is 67.1 Å². The highest BCUT2D eigenvalue weighted by molar-refractivity contribution is 5.93. The molecule has 2 aromatic carbocycles. The van der Waals surface area contributed by atoms with E-state index in [0.717, 1.165) is 61.3 Å². The molecule has 1 amide bonds. The van der Waals surface area contributed by atoms with E-state index >= 15 is 0 Å². The zero-order valence-electron chi connectivity index (χ0n) is 17.2. The Morgan fingerprint density at radius 3 is 2.14 bits per heavy atom. The molecule has 3 aliphatic rings. The molecule has 3 fully saturated rings. The maximum absolute atomic E-state index is 12.7. The van der Waals surface area contributed by atoms with Gasteiger partial charge in [0.2, 0.25) is 5.91 Å². The van der Waals surface area contributed by atoms with E-state index in [-0.39, 0.29) is 11.8 Å². The number of ketones is 1. The van der Waals surface area contributed by atoms with Crippen LogP contribution in [0.3, 0.4) is 0 Å². The second kappa shape index (κ2) is 8.91. The zero-order valence-corrected chi connectivity index (χ0v) is 17.2. The van der Waals surface area contributed by atoms with Gasteiger partial charge >= 0.3 is 0 Å². The highest BCUT2D eigenvalue weighted by atomic mass is 16.2. The lowest BCUT2D eigenvalue weighted by Crippen LogP contribution is -2.51. The molecule has 4 heteroatoms. The van der Waals surface area contributed by atoms with Gasteiger partial charge in [-0.1, -0.05) is 43.3 Å². The SMILES string of the molecule is CCCC(=O)Cc1ccc(-c2ccc(NC(=O)[C@H]3CN4CCC3CC4)cc2)cc1. The Bertz CT molecular complexity index is 849. The van der Waals surface area contributed by atoms with E-state index in [4.69, 9.17) is 0 Å². The number of benzene rings is 2. The van der Waals surface area contributed by atoms with Gasteiger partial charge in [-0.2, -0.15) is 0 Å². The van der Waals surface area contributed by atoms with Crippen molar-refractivity contribution in [2.45, 2.75) is 39.0 Å². The van der Waals surface area contributed by atoms with Crippen LogP contribution in [0.25, 0.3) is 11.1 Å². The average Bonchev–Trinajstić information content (AvgIpc) is 2.76. The average molecular weight is 391 g/mol. The molecule has 0 saturated carbocycles. The predicted molar refractivity (Wildman–Crippen MR) is 117 cm³/mol. The minimum Gasteiger partial charge on any atom is -0.326 e. The fraction of sp³-hybridized carbons (Fsp3) is 0.440. The van der Waals surface area contributed by atoms with Crippen molar-refractivity contribution in [1.82, 2.24) is 4.90 Å². The molecular weight excluding hydrogens is 360 g/mol. The highest BCUT2D eigenvalue weighted by Gasteiger charge is 2.38. The molecule has 0 aliphatic carbocycles. The van der Waals surface area contributed by atoms with E-state index in [1.807, 2.05) is 43.3 Å². The van der Waals surface area contributed by atoms with Crippen LogP contribution in [0.15, 0.2) is 48.5 Å². The molecule has 0 spiro atoms. The minimum atomic E-state index is 0.125. The van der Waals surface area contributed by atoms with E-state index in [1.165, 1.54) is 0 Å². The first-order valence-electron chi connectivity index (χ1n) is 10.9. The molecule has 0 radical (unpaired) electrons. The number of carbonyl (C=O) groups excluding carboxylic acids is 2. The van der Waals surface area contributed by atoms with Gasteiger partial charge in [0, 0.05) is 25.1 Å². The first kappa shape index (κ1) is 19.8. The molecular formula is C25H30N2O2. The Morgan fingerprint density at radius 2 is 1.59 bits per heavy atom. The Labute approximate surface area is 173 Å². The smallest absolute Gasteiger partial charge is 0.229 e. The lowest BCUT2D eigenvalue weighted by atomic mass is 9.78. The quantitative estimate of drug-likeness (QED) is 0.755. The summed E-state index contributed by atoms with van der Waals surface area (Å²) in [6, 6.07) is 16.2. The highest BCUT2D eigenvalue weighted by Crippen LogP contribution is 2.33. The summed E-state index contributed by atoms with van der Waals surface area (Å²) in [6.45, 7) is 5.23. The lowest BCUT2D eigenvalue weighted by molar-refractivity contribution is -0.125. The summed E-state index contributed by atoms with van der Waals surface area (Å²) in [4.78, 5) is 26.9. The minimum absolute atomic E-state index is 0.125. The van der Waals surface area contributed by atoms with E-state index in [0.29, 0.717) is 24.5 Å². The second-order valence-corrected chi connectivity index (χ2v) is 8.47. The third kappa shape index (κ3) is 4.76. The van der Waals surface area contributed by atoms with Crippen LogP contribution >= 0.6 is 0 Å². The number of anilines is 1. The molecule has 4 nitrogen and oxygen atoms in total. The van der Waals surface area contributed by atoms with Crippen LogP contribution in [0.4, 0.5) is 5.69 Å². The van der Waals surface area contributed by atoms with Crippen LogP contribution in [0.1, 0.15) is 38.2 Å². The fourth-order valence-corrected chi connectivity index (χ4v) is 4.65. The second-order valence-electron chi connectivity index (χ2n) is 8.47. The van der Waals surface area contributed by atoms with Crippen LogP contribution in [0.2, 0.25) is 0 Å². The Morgan fingerprint density at radius 1 is 0.966 bits per heavy atom. The molecule has 2 bridgehead atoms. The molecule has 1 N–H and O–H groups in total. The van der Waals surface area contributed by atoms with Gasteiger partial charge in [0.15, 0.2) is 0 Å². The van der Waals surface area contributed by atoms with Gasteiger partial charge < -0.3 is 10.2 Å². The monoisotopic (exact) mass is 390 g/mol. The number of amides is 1. The number of rotatable bonds is 7. The molecule has 2 aromatic rings. The van der Waals surface area contributed by atoms with Crippen molar-refractivity contribution in [2.24, 2.45) is 11.8 Å². The van der Waals surface area contributed by atoms with Crippen molar-refractivity contribution in [3.05, 3.63) is 54.1 Å². The number of nitrogens with one attached hydrogen (secondary N) is 1. The number of hydrogen-bond acceptors (Lipinski definition) is 3. The van der Waals surface area contributed by atoms with Crippen LogP contribution in [-0.4, -0.2) is 36.2 Å². The van der Waals surface area contributed by atoms with Crippen molar-refractivity contribution < 1.29 is 9.59 Å². The summed E-state index contributed by atoms with van der Waals surface area (Å²) < 4.78 is 0. The standard InChI is InChI=1S/C25H30N2O2/c1-2-3-23(28)16-18-4-6-19(7-5-18)20-8-10-22(11-9-20)26-25(29)24-17-27-14-12-21(24)13-15-27/h4-11,21,24H,2-3,12-17H2,1H3,(H,26,29)/t24-/m0/s1. The number of hydrogen-bond donors (Lipinski definition) is 1. The molecule has 0 unspecified atom stereocenters. The maximum Gasteiger partial charge on any atom is 0.229 e. The Kier molecular flexibility index (Phi) is 6.10. The molecule has 152 valence electrons. The van der Waals surface area contributed by atoms with E-state index < -0.39 is 0 Å². The van der Waals surface area contributed by atoms with Crippen molar-refractivity contribution in [1.29, 1.82) is 0 Å². The van der Waals surface area contributed by atoms with E-state index in [1.54, 1.807) is 0 Å². The summed E-state index contributed by atoms with van der Waals surface area (Å²) in [7, 11) is 0. The van der Waals surface area contributed by atoms with Crippen LogP contribution in [0, 0.1) is 11.8 Å². The van der Waals surface area contributed by atoms with Gasteiger partial charge in [0.05, 0.1) is 5.92 Å². The largest absolute Gasteiger partial charge is 0.326 e. The summed E-state index contributed by atoms with van der Waals surface area (Å²) >= 11 is 0.